The molecule has 0 atom stereocenters. The van der Waals surface area contributed by atoms with E-state index in [2.05, 4.69) is 5.32 Å². The average molecular weight is 401 g/mol. The van der Waals surface area contributed by atoms with Crippen molar-refractivity contribution in [3.05, 3.63) is 29.5 Å². The number of methoxy groups -OCH3 is 1. The van der Waals surface area contributed by atoms with E-state index in [0.29, 0.717) is 22.3 Å². The smallest absolute Gasteiger partial charge is 0.314 e. The number of nitrogens with one attached hydrogen (secondary N) is 1. The fourth-order valence-electron chi connectivity index (χ4n) is 3.76. The van der Waals surface area contributed by atoms with E-state index < -0.39 is 0 Å². The molecule has 7 heteroatoms. The van der Waals surface area contributed by atoms with Gasteiger partial charge in [0.15, 0.2) is 16.6 Å². The van der Waals surface area contributed by atoms with Crippen molar-refractivity contribution in [3.63, 3.8) is 0 Å². The molecule has 6 nitrogen and oxygen atoms in total. The van der Waals surface area contributed by atoms with E-state index in [1.807, 2.05) is 0 Å². The normalized spacial score (nSPS) is 21.8. The van der Waals surface area contributed by atoms with Crippen LogP contribution in [-0.2, 0) is 9.59 Å². The van der Waals surface area contributed by atoms with Crippen molar-refractivity contribution in [3.8, 4) is 11.5 Å². The zero-order valence-corrected chi connectivity index (χ0v) is 16.7. The van der Waals surface area contributed by atoms with Crippen LogP contribution in [0.2, 0.25) is 0 Å². The number of rotatable bonds is 5. The van der Waals surface area contributed by atoms with Crippen molar-refractivity contribution in [2.75, 3.05) is 7.11 Å². The highest BCUT2D eigenvalue weighted by Gasteiger charge is 2.36. The number of carbonyl (C=O) groups is 2. The van der Waals surface area contributed by atoms with E-state index in [1.165, 1.54) is 13.5 Å². The van der Waals surface area contributed by atoms with E-state index in [1.54, 1.807) is 29.2 Å². The van der Waals surface area contributed by atoms with Crippen LogP contribution in [0, 0.1) is 5.92 Å². The summed E-state index contributed by atoms with van der Waals surface area (Å²) in [5, 5.41) is 3.53. The molecule has 3 fully saturated rings. The minimum atomic E-state index is -0.217. The Morgan fingerprint density at radius 2 is 1.93 bits per heavy atom. The van der Waals surface area contributed by atoms with Gasteiger partial charge in [-0.2, -0.15) is 0 Å². The predicted molar refractivity (Wildman–Crippen MR) is 109 cm³/mol. The summed E-state index contributed by atoms with van der Waals surface area (Å²) in [6, 6.07) is 5.43. The Balaban J connectivity index is 1.52. The standard InChI is InChI=1S/C21H24N2O4S/c1-26-18-12-13(7-10-17(18)27-20(25)14-8-9-14)11-16-19(24)23(21(28)22-16)15-5-3-2-4-6-15/h7,10-12,14-15H,2-6,8-9H2,1H3,(H,22,28)/b16-11+. The summed E-state index contributed by atoms with van der Waals surface area (Å²) in [6.07, 6.45) is 9.01. The SMILES string of the molecule is COc1cc(/C=C2/NC(=S)N(C3CCCCC3)C2=O)ccc1OC(=O)C1CC1. The van der Waals surface area contributed by atoms with Crippen molar-refractivity contribution in [1.82, 2.24) is 10.2 Å². The molecule has 0 spiro atoms. The van der Waals surface area contributed by atoms with Crippen molar-refractivity contribution < 1.29 is 19.1 Å². The Hall–Kier alpha value is -2.41. The first-order valence-electron chi connectivity index (χ1n) is 9.83. The number of ether oxygens (including phenoxy) is 2. The maximum absolute atomic E-state index is 12.9. The van der Waals surface area contributed by atoms with Crippen LogP contribution in [0.25, 0.3) is 6.08 Å². The van der Waals surface area contributed by atoms with Gasteiger partial charge in [-0.1, -0.05) is 25.3 Å². The van der Waals surface area contributed by atoms with E-state index in [-0.39, 0.29) is 23.8 Å². The third-order valence-electron chi connectivity index (χ3n) is 5.47. The lowest BCUT2D eigenvalue weighted by Crippen LogP contribution is -2.41. The average Bonchev–Trinajstić information content (AvgIpc) is 3.51. The summed E-state index contributed by atoms with van der Waals surface area (Å²) < 4.78 is 10.8. The molecule has 3 aliphatic rings. The van der Waals surface area contributed by atoms with Crippen LogP contribution in [0.15, 0.2) is 23.9 Å². The fraction of sp³-hybridized carbons (Fsp3) is 0.476. The van der Waals surface area contributed by atoms with Crippen LogP contribution in [0.1, 0.15) is 50.5 Å². The molecule has 148 valence electrons. The van der Waals surface area contributed by atoms with Gasteiger partial charge >= 0.3 is 5.97 Å². The van der Waals surface area contributed by atoms with E-state index in [9.17, 15) is 9.59 Å². The van der Waals surface area contributed by atoms with Crippen LogP contribution in [-0.4, -0.2) is 35.0 Å². The lowest BCUT2D eigenvalue weighted by atomic mass is 9.94. The van der Waals surface area contributed by atoms with Crippen molar-refractivity contribution >= 4 is 35.3 Å². The lowest BCUT2D eigenvalue weighted by Gasteiger charge is -2.29. The van der Waals surface area contributed by atoms with Crippen LogP contribution >= 0.6 is 12.2 Å². The summed E-state index contributed by atoms with van der Waals surface area (Å²) in [5.41, 5.74) is 1.23. The van der Waals surface area contributed by atoms with Gasteiger partial charge < -0.3 is 14.8 Å². The fourth-order valence-corrected chi connectivity index (χ4v) is 4.10. The maximum Gasteiger partial charge on any atom is 0.314 e. The molecule has 1 N–H and O–H groups in total. The molecule has 4 rings (SSSR count). The molecule has 0 radical (unpaired) electrons. The van der Waals surface area contributed by atoms with Crippen molar-refractivity contribution in [2.45, 2.75) is 51.0 Å². The van der Waals surface area contributed by atoms with Gasteiger partial charge in [-0.3, -0.25) is 14.5 Å². The van der Waals surface area contributed by atoms with Gasteiger partial charge in [-0.15, -0.1) is 0 Å². The zero-order valence-electron chi connectivity index (χ0n) is 15.9. The Labute approximate surface area is 169 Å². The van der Waals surface area contributed by atoms with Gasteiger partial charge in [0, 0.05) is 6.04 Å². The highest BCUT2D eigenvalue weighted by molar-refractivity contribution is 7.80. The predicted octanol–water partition coefficient (Wildman–Crippen LogP) is 3.40. The summed E-state index contributed by atoms with van der Waals surface area (Å²) in [5.74, 6) is 0.566. The van der Waals surface area contributed by atoms with Crippen LogP contribution < -0.4 is 14.8 Å². The lowest BCUT2D eigenvalue weighted by molar-refractivity contribution is -0.135. The third kappa shape index (κ3) is 3.90. The molecule has 1 aromatic carbocycles. The molecular weight excluding hydrogens is 376 g/mol. The maximum atomic E-state index is 12.9. The van der Waals surface area contributed by atoms with Gasteiger partial charge in [0.2, 0.25) is 0 Å². The molecule has 1 amide bonds. The molecule has 1 saturated heterocycles. The summed E-state index contributed by atoms with van der Waals surface area (Å²) in [7, 11) is 1.53. The molecule has 2 saturated carbocycles. The molecule has 0 unspecified atom stereocenters. The van der Waals surface area contributed by atoms with E-state index in [0.717, 1.165) is 44.1 Å². The molecule has 0 aromatic heterocycles. The molecule has 1 aliphatic heterocycles. The molecule has 2 aliphatic carbocycles. The van der Waals surface area contributed by atoms with Gasteiger partial charge in [-0.05, 0) is 61.7 Å². The second kappa shape index (κ2) is 7.91. The number of benzene rings is 1. The molecule has 1 aromatic rings. The summed E-state index contributed by atoms with van der Waals surface area (Å²) in [6.45, 7) is 0. The number of amides is 1. The zero-order chi connectivity index (χ0) is 19.7. The van der Waals surface area contributed by atoms with Crippen LogP contribution in [0.4, 0.5) is 0 Å². The van der Waals surface area contributed by atoms with Gasteiger partial charge in [-0.25, -0.2) is 0 Å². The summed E-state index contributed by atoms with van der Waals surface area (Å²) >= 11 is 5.41. The topological polar surface area (TPSA) is 67.9 Å². The van der Waals surface area contributed by atoms with Crippen molar-refractivity contribution in [2.24, 2.45) is 5.92 Å². The van der Waals surface area contributed by atoms with E-state index >= 15 is 0 Å². The minimum Gasteiger partial charge on any atom is -0.493 e. The first kappa shape index (κ1) is 18.9. The second-order valence-corrected chi connectivity index (χ2v) is 7.95. The molecule has 28 heavy (non-hydrogen) atoms. The Morgan fingerprint density at radius 3 is 2.61 bits per heavy atom. The Kier molecular flexibility index (Phi) is 5.35. The quantitative estimate of drug-likeness (QED) is 0.354. The number of carbonyl (C=O) groups excluding carboxylic acids is 2. The number of esters is 1. The highest BCUT2D eigenvalue weighted by atomic mass is 32.1. The summed E-state index contributed by atoms with van der Waals surface area (Å²) in [4.78, 5) is 26.5. The second-order valence-electron chi connectivity index (χ2n) is 7.56. The number of hydrogen-bond donors (Lipinski definition) is 1. The molecule has 1 heterocycles. The number of hydrogen-bond acceptors (Lipinski definition) is 5. The Morgan fingerprint density at radius 1 is 1.18 bits per heavy atom. The minimum absolute atomic E-state index is 0.0126. The first-order chi connectivity index (χ1) is 13.6. The van der Waals surface area contributed by atoms with Crippen molar-refractivity contribution in [1.29, 1.82) is 0 Å². The monoisotopic (exact) mass is 400 g/mol. The first-order valence-corrected chi connectivity index (χ1v) is 10.2. The third-order valence-corrected chi connectivity index (χ3v) is 5.77. The van der Waals surface area contributed by atoms with E-state index in [4.69, 9.17) is 21.7 Å². The van der Waals surface area contributed by atoms with Gasteiger partial charge in [0.25, 0.3) is 5.91 Å². The number of nitrogens with zero attached hydrogens (tertiary/aromatic N) is 1. The number of thiocarbonyl (C=S) groups is 1. The van der Waals surface area contributed by atoms with Crippen LogP contribution in [0.5, 0.6) is 11.5 Å². The largest absolute Gasteiger partial charge is 0.493 e. The highest BCUT2D eigenvalue weighted by Crippen LogP contribution is 2.35. The van der Waals surface area contributed by atoms with Gasteiger partial charge in [0.05, 0.1) is 13.0 Å². The Bertz CT molecular complexity index is 841. The molecular formula is C21H24N2O4S. The van der Waals surface area contributed by atoms with Gasteiger partial charge in [0.1, 0.15) is 5.70 Å². The van der Waals surface area contributed by atoms with Crippen LogP contribution in [0.3, 0.4) is 0 Å². The molecule has 0 bridgehead atoms.